The lowest BCUT2D eigenvalue weighted by Gasteiger charge is -2.12. The molecule has 0 fully saturated rings. The van der Waals surface area contributed by atoms with Crippen molar-refractivity contribution < 1.29 is 9.90 Å². The Morgan fingerprint density at radius 1 is 1.40 bits per heavy atom. The number of pyridine rings is 1. The summed E-state index contributed by atoms with van der Waals surface area (Å²) in [5.74, 6) is 0.213. The molecule has 1 amide bonds. The van der Waals surface area contributed by atoms with E-state index in [-0.39, 0.29) is 16.1 Å². The van der Waals surface area contributed by atoms with Gasteiger partial charge in [0.2, 0.25) is 0 Å². The van der Waals surface area contributed by atoms with E-state index in [4.69, 9.17) is 17.3 Å². The molecule has 0 saturated carbocycles. The van der Waals surface area contributed by atoms with Crippen molar-refractivity contribution in [1.82, 2.24) is 19.9 Å². The third-order valence-electron chi connectivity index (χ3n) is 3.00. The second-order valence-electron chi connectivity index (χ2n) is 4.18. The first-order chi connectivity index (χ1) is 9.49. The Kier molecular flexibility index (Phi) is 2.57. The molecule has 20 heavy (non-hydrogen) atoms. The fourth-order valence-electron chi connectivity index (χ4n) is 2.09. The minimum absolute atomic E-state index is 0.190. The molecule has 102 valence electrons. The molecule has 9 heteroatoms. The van der Waals surface area contributed by atoms with Crippen LogP contribution < -0.4 is 10.5 Å². The highest BCUT2D eigenvalue weighted by molar-refractivity contribution is 7.71. The van der Waals surface area contributed by atoms with Gasteiger partial charge >= 0.3 is 6.09 Å². The van der Waals surface area contributed by atoms with E-state index in [2.05, 4.69) is 19.9 Å². The van der Waals surface area contributed by atoms with Gasteiger partial charge in [-0.25, -0.2) is 9.78 Å². The molecule has 3 rings (SSSR count). The standard InChI is InChI=1S/C11H9N5O3S/c1-16(11(18)19)8-6-4(2-3-12-8)5-7(13-6)14-10(20)15-9(5)17/h2-3H,1H3,(H,18,19)(H3,13,14,15,17,20). The summed E-state index contributed by atoms with van der Waals surface area (Å²) in [7, 11) is 1.38. The summed E-state index contributed by atoms with van der Waals surface area (Å²) in [5.41, 5.74) is 0.543. The SMILES string of the molecule is CN(C(=O)O)c1nccc2c1[nH]c1[nH]c(=S)[nH]c(=O)c12. The number of hydrogen-bond acceptors (Lipinski definition) is 4. The Labute approximate surface area is 116 Å². The van der Waals surface area contributed by atoms with Crippen LogP contribution in [0.1, 0.15) is 0 Å². The predicted molar refractivity (Wildman–Crippen MR) is 75.8 cm³/mol. The number of hydrogen-bond donors (Lipinski definition) is 4. The summed E-state index contributed by atoms with van der Waals surface area (Å²) in [6.07, 6.45) is 0.302. The van der Waals surface area contributed by atoms with Gasteiger partial charge < -0.3 is 15.1 Å². The molecule has 0 aliphatic heterocycles. The van der Waals surface area contributed by atoms with E-state index in [0.29, 0.717) is 21.9 Å². The highest BCUT2D eigenvalue weighted by Gasteiger charge is 2.17. The monoisotopic (exact) mass is 291 g/mol. The number of aromatic amines is 3. The molecule has 4 N–H and O–H groups in total. The summed E-state index contributed by atoms with van der Waals surface area (Å²) in [5, 5.41) is 10.0. The molecule has 8 nitrogen and oxygen atoms in total. The summed E-state index contributed by atoms with van der Waals surface area (Å²) in [4.78, 5) is 36.3. The molecule has 0 spiro atoms. The van der Waals surface area contributed by atoms with Crippen LogP contribution in [0.2, 0.25) is 0 Å². The molecule has 0 saturated heterocycles. The Balaban J connectivity index is 2.48. The zero-order valence-electron chi connectivity index (χ0n) is 10.2. The molecule has 0 aliphatic carbocycles. The third-order valence-corrected chi connectivity index (χ3v) is 3.20. The maximum absolute atomic E-state index is 12.0. The van der Waals surface area contributed by atoms with Crippen molar-refractivity contribution in [2.75, 3.05) is 11.9 Å². The lowest BCUT2D eigenvalue weighted by Crippen LogP contribution is -2.24. The summed E-state index contributed by atoms with van der Waals surface area (Å²) >= 11 is 4.91. The van der Waals surface area contributed by atoms with Crippen LogP contribution in [0, 0.1) is 4.77 Å². The molecule has 0 unspecified atom stereocenters. The van der Waals surface area contributed by atoms with Gasteiger partial charge in [0, 0.05) is 18.6 Å². The van der Waals surface area contributed by atoms with Crippen molar-refractivity contribution in [2.24, 2.45) is 0 Å². The first-order valence-corrected chi connectivity index (χ1v) is 5.99. The second-order valence-corrected chi connectivity index (χ2v) is 4.59. The van der Waals surface area contributed by atoms with Gasteiger partial charge in [0.05, 0.1) is 10.9 Å². The normalized spacial score (nSPS) is 11.1. The van der Waals surface area contributed by atoms with Crippen molar-refractivity contribution in [2.45, 2.75) is 0 Å². The lowest BCUT2D eigenvalue weighted by molar-refractivity contribution is 0.203. The maximum Gasteiger partial charge on any atom is 0.412 e. The molecular formula is C11H9N5O3S. The Hall–Kier alpha value is -2.68. The van der Waals surface area contributed by atoms with E-state index in [1.54, 1.807) is 6.07 Å². The summed E-state index contributed by atoms with van der Waals surface area (Å²) in [6, 6.07) is 1.64. The van der Waals surface area contributed by atoms with Crippen LogP contribution in [0.4, 0.5) is 10.6 Å². The summed E-state index contributed by atoms with van der Waals surface area (Å²) < 4.78 is 0.190. The van der Waals surface area contributed by atoms with Crippen molar-refractivity contribution in [3.8, 4) is 0 Å². The zero-order chi connectivity index (χ0) is 14.4. The predicted octanol–water partition coefficient (Wildman–Crippen LogP) is 1.58. The summed E-state index contributed by atoms with van der Waals surface area (Å²) in [6.45, 7) is 0. The smallest absolute Gasteiger partial charge is 0.412 e. The number of H-pyrrole nitrogens is 3. The van der Waals surface area contributed by atoms with Crippen LogP contribution in [0.3, 0.4) is 0 Å². The van der Waals surface area contributed by atoms with Crippen LogP contribution in [0.5, 0.6) is 0 Å². The fraction of sp³-hybridized carbons (Fsp3) is 0.0909. The first kappa shape index (κ1) is 12.4. The van der Waals surface area contributed by atoms with Crippen LogP contribution in [0.15, 0.2) is 17.1 Å². The maximum atomic E-state index is 12.0. The number of nitrogens with zero attached hydrogens (tertiary/aromatic N) is 2. The minimum atomic E-state index is -1.15. The van der Waals surface area contributed by atoms with Gasteiger partial charge in [-0.1, -0.05) is 0 Å². The lowest BCUT2D eigenvalue weighted by atomic mass is 10.2. The Bertz CT molecular complexity index is 954. The minimum Gasteiger partial charge on any atom is -0.465 e. The molecule has 0 aliphatic rings. The van der Waals surface area contributed by atoms with Crippen molar-refractivity contribution in [3.63, 3.8) is 0 Å². The van der Waals surface area contributed by atoms with Crippen molar-refractivity contribution in [1.29, 1.82) is 0 Å². The molecule has 3 aromatic heterocycles. The van der Waals surface area contributed by atoms with Crippen LogP contribution in [0.25, 0.3) is 21.9 Å². The quantitative estimate of drug-likeness (QED) is 0.508. The van der Waals surface area contributed by atoms with Gasteiger partial charge in [0.25, 0.3) is 5.56 Å². The molecule has 3 aromatic rings. The van der Waals surface area contributed by atoms with E-state index < -0.39 is 6.09 Å². The van der Waals surface area contributed by atoms with E-state index in [0.717, 1.165) is 4.90 Å². The Morgan fingerprint density at radius 3 is 2.85 bits per heavy atom. The van der Waals surface area contributed by atoms with Gasteiger partial charge in [-0.2, -0.15) is 0 Å². The fourth-order valence-corrected chi connectivity index (χ4v) is 2.28. The largest absolute Gasteiger partial charge is 0.465 e. The number of carbonyl (C=O) groups is 1. The van der Waals surface area contributed by atoms with E-state index >= 15 is 0 Å². The highest BCUT2D eigenvalue weighted by Crippen LogP contribution is 2.27. The number of rotatable bonds is 1. The van der Waals surface area contributed by atoms with Crippen LogP contribution >= 0.6 is 12.2 Å². The highest BCUT2D eigenvalue weighted by atomic mass is 32.1. The third kappa shape index (κ3) is 1.67. The van der Waals surface area contributed by atoms with E-state index in [1.807, 2.05) is 0 Å². The molecular weight excluding hydrogens is 282 g/mol. The van der Waals surface area contributed by atoms with Crippen LogP contribution in [-0.4, -0.2) is 38.2 Å². The van der Waals surface area contributed by atoms with Gasteiger partial charge in [0.15, 0.2) is 10.6 Å². The average Bonchev–Trinajstić information content (AvgIpc) is 2.75. The van der Waals surface area contributed by atoms with Gasteiger partial charge in [0.1, 0.15) is 5.65 Å². The van der Waals surface area contributed by atoms with E-state index in [1.165, 1.54) is 13.2 Å². The number of anilines is 1. The molecule has 0 bridgehead atoms. The zero-order valence-corrected chi connectivity index (χ0v) is 11.0. The Morgan fingerprint density at radius 2 is 2.15 bits per heavy atom. The van der Waals surface area contributed by atoms with Crippen molar-refractivity contribution in [3.05, 3.63) is 27.4 Å². The van der Waals surface area contributed by atoms with Crippen molar-refractivity contribution >= 4 is 46.1 Å². The van der Waals surface area contributed by atoms with Gasteiger partial charge in [-0.3, -0.25) is 14.7 Å². The average molecular weight is 291 g/mol. The molecule has 3 heterocycles. The molecule has 0 atom stereocenters. The number of carboxylic acid groups (broad SMARTS) is 1. The van der Waals surface area contributed by atoms with E-state index in [9.17, 15) is 9.59 Å². The molecule has 0 aromatic carbocycles. The number of aromatic nitrogens is 4. The second kappa shape index (κ2) is 4.17. The van der Waals surface area contributed by atoms with Gasteiger partial charge in [-0.15, -0.1) is 0 Å². The number of nitrogens with one attached hydrogen (secondary N) is 3. The molecule has 0 radical (unpaired) electrons. The topological polar surface area (TPSA) is 118 Å². The van der Waals surface area contributed by atoms with Gasteiger partial charge in [-0.05, 0) is 18.3 Å². The number of fused-ring (bicyclic) bond motifs is 3. The number of amides is 1. The first-order valence-electron chi connectivity index (χ1n) is 5.58. The van der Waals surface area contributed by atoms with Crippen LogP contribution in [-0.2, 0) is 0 Å².